The molecule has 0 aromatic heterocycles. The molecule has 1 heterocycles. The molecule has 3 N–H and O–H groups in total. The molecule has 168 valence electrons. The Bertz CT molecular complexity index is 717. The van der Waals surface area contributed by atoms with Gasteiger partial charge in [0.2, 0.25) is 0 Å². The summed E-state index contributed by atoms with van der Waals surface area (Å²) >= 11 is 0. The summed E-state index contributed by atoms with van der Waals surface area (Å²) in [4.78, 5) is 18.7. The van der Waals surface area contributed by atoms with Crippen molar-refractivity contribution in [1.82, 2.24) is 15.5 Å². The van der Waals surface area contributed by atoms with Crippen molar-refractivity contribution < 1.29 is 19.4 Å². The van der Waals surface area contributed by atoms with Crippen molar-refractivity contribution in [1.29, 1.82) is 0 Å². The second-order valence-electron chi connectivity index (χ2n) is 8.42. The zero-order valence-electron chi connectivity index (χ0n) is 18.8. The number of carbonyl (C=O) groups is 1. The maximum atomic E-state index is 12.4. The molecule has 30 heavy (non-hydrogen) atoms. The average Bonchev–Trinajstić information content (AvgIpc) is 2.71. The summed E-state index contributed by atoms with van der Waals surface area (Å²) in [6, 6.07) is 7.41. The van der Waals surface area contributed by atoms with Crippen LogP contribution in [0.4, 0.5) is 4.79 Å². The number of amides is 1. The fourth-order valence-electron chi connectivity index (χ4n) is 3.23. The van der Waals surface area contributed by atoms with Gasteiger partial charge in [-0.25, -0.2) is 4.79 Å². The van der Waals surface area contributed by atoms with Gasteiger partial charge in [0, 0.05) is 25.7 Å². The summed E-state index contributed by atoms with van der Waals surface area (Å²) < 4.78 is 10.7. The zero-order valence-corrected chi connectivity index (χ0v) is 18.8. The molecular weight excluding hydrogens is 384 g/mol. The summed E-state index contributed by atoms with van der Waals surface area (Å²) in [5.41, 5.74) is 0.243. The second kappa shape index (κ2) is 11.1. The lowest BCUT2D eigenvalue weighted by Gasteiger charge is -2.35. The smallest absolute Gasteiger partial charge is 0.410 e. The first-order chi connectivity index (χ1) is 14.2. The fourth-order valence-corrected chi connectivity index (χ4v) is 3.23. The molecule has 1 aromatic rings. The van der Waals surface area contributed by atoms with Crippen LogP contribution in [0.1, 0.15) is 52.2 Å². The van der Waals surface area contributed by atoms with Crippen molar-refractivity contribution in [2.24, 2.45) is 4.99 Å². The highest BCUT2D eigenvalue weighted by Gasteiger charge is 2.28. The number of ether oxygens (including phenoxy) is 2. The van der Waals surface area contributed by atoms with E-state index in [2.05, 4.69) is 15.6 Å². The van der Waals surface area contributed by atoms with Gasteiger partial charge in [0.05, 0.1) is 19.8 Å². The Morgan fingerprint density at radius 3 is 2.83 bits per heavy atom. The number of hydrogen-bond acceptors (Lipinski definition) is 5. The minimum absolute atomic E-state index is 0.0676. The molecule has 2 unspecified atom stereocenters. The van der Waals surface area contributed by atoms with Crippen molar-refractivity contribution in [3.05, 3.63) is 29.8 Å². The Morgan fingerprint density at radius 1 is 1.40 bits per heavy atom. The third-order valence-corrected chi connectivity index (χ3v) is 4.66. The number of guanidine groups is 1. The lowest BCUT2D eigenvalue weighted by atomic mass is 10.1. The van der Waals surface area contributed by atoms with Gasteiger partial charge >= 0.3 is 6.09 Å². The van der Waals surface area contributed by atoms with Crippen LogP contribution >= 0.6 is 0 Å². The molecule has 8 nitrogen and oxygen atoms in total. The lowest BCUT2D eigenvalue weighted by Crippen LogP contribution is -2.53. The topological polar surface area (TPSA) is 95.4 Å². The van der Waals surface area contributed by atoms with Crippen molar-refractivity contribution in [2.45, 2.75) is 58.3 Å². The first kappa shape index (κ1) is 23.8. The van der Waals surface area contributed by atoms with Crippen molar-refractivity contribution in [3.8, 4) is 5.75 Å². The summed E-state index contributed by atoms with van der Waals surface area (Å²) in [7, 11) is 1.60. The SMILES string of the molecule is CCNC(=NCC(O)c1cccc(OC)c1)NC1CCCN(C(=O)OC(C)(C)C)C1. The van der Waals surface area contributed by atoms with E-state index in [0.717, 1.165) is 18.4 Å². The van der Waals surface area contributed by atoms with E-state index in [0.29, 0.717) is 31.3 Å². The second-order valence-corrected chi connectivity index (χ2v) is 8.42. The molecular formula is C22H36N4O4. The predicted octanol–water partition coefficient (Wildman–Crippen LogP) is 2.68. The molecule has 1 aliphatic rings. The van der Waals surface area contributed by atoms with Gasteiger partial charge in [0.25, 0.3) is 0 Å². The van der Waals surface area contributed by atoms with Gasteiger partial charge in [-0.2, -0.15) is 0 Å². The molecule has 1 aliphatic heterocycles. The Hall–Kier alpha value is -2.48. The van der Waals surface area contributed by atoms with Crippen LogP contribution in [0.15, 0.2) is 29.3 Å². The molecule has 0 radical (unpaired) electrons. The molecule has 0 spiro atoms. The van der Waals surface area contributed by atoms with E-state index in [4.69, 9.17) is 9.47 Å². The number of piperidine rings is 1. The zero-order chi connectivity index (χ0) is 22.1. The number of aliphatic hydroxyl groups is 1. The van der Waals surface area contributed by atoms with Crippen LogP contribution in [-0.4, -0.2) is 67.0 Å². The van der Waals surface area contributed by atoms with Gasteiger partial charge in [-0.15, -0.1) is 0 Å². The Balaban J connectivity index is 1.97. The number of benzene rings is 1. The third kappa shape index (κ3) is 7.74. The monoisotopic (exact) mass is 420 g/mol. The number of hydrogen-bond donors (Lipinski definition) is 3. The highest BCUT2D eigenvalue weighted by Crippen LogP contribution is 2.19. The number of rotatable bonds is 6. The maximum Gasteiger partial charge on any atom is 0.410 e. The molecule has 0 aliphatic carbocycles. The maximum absolute atomic E-state index is 12.4. The van der Waals surface area contributed by atoms with Crippen LogP contribution in [0.2, 0.25) is 0 Å². The first-order valence-electron chi connectivity index (χ1n) is 10.6. The lowest BCUT2D eigenvalue weighted by molar-refractivity contribution is 0.0193. The third-order valence-electron chi connectivity index (χ3n) is 4.66. The number of aliphatic imine (C=N–C) groups is 1. The van der Waals surface area contributed by atoms with E-state index in [1.807, 2.05) is 45.9 Å². The highest BCUT2D eigenvalue weighted by atomic mass is 16.6. The van der Waals surface area contributed by atoms with Crippen molar-refractivity contribution >= 4 is 12.1 Å². The van der Waals surface area contributed by atoms with Gasteiger partial charge < -0.3 is 30.1 Å². The van der Waals surface area contributed by atoms with E-state index in [-0.39, 0.29) is 18.7 Å². The molecule has 1 amide bonds. The number of carbonyl (C=O) groups excluding carboxylic acids is 1. The number of methoxy groups -OCH3 is 1. The quantitative estimate of drug-likeness (QED) is 0.484. The minimum atomic E-state index is -0.736. The molecule has 2 rings (SSSR count). The van der Waals surface area contributed by atoms with Crippen LogP contribution in [0.25, 0.3) is 0 Å². The van der Waals surface area contributed by atoms with Crippen molar-refractivity contribution in [2.75, 3.05) is 33.3 Å². The molecule has 1 fully saturated rings. The van der Waals surface area contributed by atoms with Gasteiger partial charge in [-0.3, -0.25) is 4.99 Å². The minimum Gasteiger partial charge on any atom is -0.497 e. The Labute approximate surface area is 179 Å². The Kier molecular flexibility index (Phi) is 8.77. The molecule has 1 saturated heterocycles. The molecule has 0 saturated carbocycles. The molecule has 8 heteroatoms. The predicted molar refractivity (Wildman–Crippen MR) is 118 cm³/mol. The number of nitrogens with one attached hydrogen (secondary N) is 2. The highest BCUT2D eigenvalue weighted by molar-refractivity contribution is 5.80. The summed E-state index contributed by atoms with van der Waals surface area (Å²) in [5, 5.41) is 17.1. The summed E-state index contributed by atoms with van der Waals surface area (Å²) in [5.74, 6) is 1.32. The fraction of sp³-hybridized carbons (Fsp3) is 0.636. The largest absolute Gasteiger partial charge is 0.497 e. The number of likely N-dealkylation sites (tertiary alicyclic amines) is 1. The summed E-state index contributed by atoms with van der Waals surface area (Å²) in [6.45, 7) is 9.75. The molecule has 0 bridgehead atoms. The van der Waals surface area contributed by atoms with Crippen LogP contribution in [-0.2, 0) is 4.74 Å². The molecule has 2 atom stereocenters. The van der Waals surface area contributed by atoms with Gasteiger partial charge in [-0.1, -0.05) is 12.1 Å². The van der Waals surface area contributed by atoms with E-state index >= 15 is 0 Å². The number of aliphatic hydroxyl groups excluding tert-OH is 1. The van der Waals surface area contributed by atoms with Gasteiger partial charge in [0.15, 0.2) is 5.96 Å². The van der Waals surface area contributed by atoms with Crippen molar-refractivity contribution in [3.63, 3.8) is 0 Å². The number of nitrogens with zero attached hydrogens (tertiary/aromatic N) is 2. The van der Waals surface area contributed by atoms with Crippen LogP contribution in [0.5, 0.6) is 5.75 Å². The normalized spacial score (nSPS) is 18.5. The standard InChI is InChI=1S/C22H36N4O4/c1-6-23-20(24-14-19(27)16-9-7-11-18(13-16)29-5)25-17-10-8-12-26(15-17)21(28)30-22(2,3)4/h7,9,11,13,17,19,27H,6,8,10,12,14-15H2,1-5H3,(H2,23,24,25). The first-order valence-corrected chi connectivity index (χ1v) is 10.6. The van der Waals surface area contributed by atoms with E-state index in [9.17, 15) is 9.90 Å². The van der Waals surface area contributed by atoms with E-state index in [1.165, 1.54) is 0 Å². The van der Waals surface area contributed by atoms with Crippen LogP contribution in [0, 0.1) is 0 Å². The summed E-state index contributed by atoms with van der Waals surface area (Å²) in [6.07, 6.45) is 0.801. The van der Waals surface area contributed by atoms with Crippen LogP contribution in [0.3, 0.4) is 0 Å². The Morgan fingerprint density at radius 2 is 2.17 bits per heavy atom. The van der Waals surface area contributed by atoms with E-state index in [1.54, 1.807) is 18.1 Å². The average molecular weight is 421 g/mol. The van der Waals surface area contributed by atoms with Gasteiger partial charge in [0.1, 0.15) is 11.4 Å². The van der Waals surface area contributed by atoms with Crippen LogP contribution < -0.4 is 15.4 Å². The molecule has 1 aromatic carbocycles. The van der Waals surface area contributed by atoms with E-state index < -0.39 is 11.7 Å². The van der Waals surface area contributed by atoms with Gasteiger partial charge in [-0.05, 0) is 58.2 Å².